The van der Waals surface area contributed by atoms with Crippen LogP contribution in [0.3, 0.4) is 0 Å². The van der Waals surface area contributed by atoms with Gasteiger partial charge in [-0.15, -0.1) is 0 Å². The Kier molecular flexibility index (Phi) is 5.33. The normalized spacial score (nSPS) is 16.0. The summed E-state index contributed by atoms with van der Waals surface area (Å²) in [6.07, 6.45) is 2.79. The Morgan fingerprint density at radius 2 is 1.95 bits per heavy atom. The van der Waals surface area contributed by atoms with Gasteiger partial charge in [0, 0.05) is 13.0 Å². The molecule has 5 heteroatoms. The van der Waals surface area contributed by atoms with E-state index in [4.69, 9.17) is 9.84 Å². The second kappa shape index (κ2) is 7.22. The van der Waals surface area contributed by atoms with Crippen molar-refractivity contribution in [3.63, 3.8) is 0 Å². The van der Waals surface area contributed by atoms with Crippen molar-refractivity contribution in [3.8, 4) is 0 Å². The largest absolute Gasteiger partial charge is 0.480 e. The lowest BCUT2D eigenvalue weighted by atomic mass is 9.76. The van der Waals surface area contributed by atoms with Gasteiger partial charge in [-0.3, -0.25) is 4.79 Å². The highest BCUT2D eigenvalue weighted by Gasteiger charge is 2.45. The van der Waals surface area contributed by atoms with Gasteiger partial charge >= 0.3 is 5.97 Å². The molecule has 1 amide bonds. The third-order valence-electron chi connectivity index (χ3n) is 3.80. The van der Waals surface area contributed by atoms with Crippen molar-refractivity contribution in [2.45, 2.75) is 44.2 Å². The van der Waals surface area contributed by atoms with Gasteiger partial charge in [-0.2, -0.15) is 0 Å². The van der Waals surface area contributed by atoms with E-state index < -0.39 is 11.5 Å². The molecule has 0 bridgehead atoms. The van der Waals surface area contributed by atoms with Crippen LogP contribution in [-0.2, 0) is 20.9 Å². The molecular formula is C16H21NO4. The molecule has 0 aromatic heterocycles. The number of rotatable bonds is 8. The van der Waals surface area contributed by atoms with Crippen LogP contribution in [-0.4, -0.2) is 29.1 Å². The lowest BCUT2D eigenvalue weighted by Gasteiger charge is -2.38. The third kappa shape index (κ3) is 4.29. The van der Waals surface area contributed by atoms with Gasteiger partial charge in [0.25, 0.3) is 0 Å². The van der Waals surface area contributed by atoms with Crippen LogP contribution < -0.4 is 5.32 Å². The van der Waals surface area contributed by atoms with Gasteiger partial charge in [0.1, 0.15) is 5.54 Å². The number of carboxylic acids is 1. The topological polar surface area (TPSA) is 75.6 Å². The molecule has 1 saturated carbocycles. The number of ether oxygens (including phenoxy) is 1. The molecule has 0 radical (unpaired) electrons. The van der Waals surface area contributed by atoms with Gasteiger partial charge in [0.2, 0.25) is 5.91 Å². The second-order valence-corrected chi connectivity index (χ2v) is 5.43. The predicted molar refractivity (Wildman–Crippen MR) is 77.7 cm³/mol. The fourth-order valence-electron chi connectivity index (χ4n) is 2.35. The summed E-state index contributed by atoms with van der Waals surface area (Å²) in [7, 11) is 0. The van der Waals surface area contributed by atoms with Gasteiger partial charge in [0.15, 0.2) is 0 Å². The number of carbonyl (C=O) groups excluding carboxylic acids is 1. The Labute approximate surface area is 124 Å². The molecule has 21 heavy (non-hydrogen) atoms. The fourth-order valence-corrected chi connectivity index (χ4v) is 2.35. The lowest BCUT2D eigenvalue weighted by molar-refractivity contribution is -0.151. The SMILES string of the molecule is O=C(CCCOCc1ccccc1)NC1(C(=O)O)CCC1. The van der Waals surface area contributed by atoms with E-state index in [1.807, 2.05) is 30.3 Å². The van der Waals surface area contributed by atoms with E-state index in [0.29, 0.717) is 38.9 Å². The average molecular weight is 291 g/mol. The van der Waals surface area contributed by atoms with Crippen LogP contribution in [0.4, 0.5) is 0 Å². The maximum absolute atomic E-state index is 11.8. The number of carboxylic acid groups (broad SMARTS) is 1. The van der Waals surface area contributed by atoms with Crippen molar-refractivity contribution >= 4 is 11.9 Å². The molecule has 1 fully saturated rings. The van der Waals surface area contributed by atoms with E-state index in [9.17, 15) is 9.59 Å². The first-order chi connectivity index (χ1) is 10.1. The van der Waals surface area contributed by atoms with Crippen molar-refractivity contribution in [1.82, 2.24) is 5.32 Å². The molecule has 0 unspecified atom stereocenters. The number of hydrogen-bond acceptors (Lipinski definition) is 3. The van der Waals surface area contributed by atoms with E-state index in [2.05, 4.69) is 5.32 Å². The predicted octanol–water partition coefficient (Wildman–Crippen LogP) is 2.11. The summed E-state index contributed by atoms with van der Waals surface area (Å²) in [5.41, 5.74) is 0.0865. The van der Waals surface area contributed by atoms with Crippen molar-refractivity contribution < 1.29 is 19.4 Å². The van der Waals surface area contributed by atoms with Crippen LogP contribution in [0.5, 0.6) is 0 Å². The summed E-state index contributed by atoms with van der Waals surface area (Å²) in [6, 6.07) is 9.83. The van der Waals surface area contributed by atoms with Crippen LogP contribution in [0.15, 0.2) is 30.3 Å². The van der Waals surface area contributed by atoms with Crippen molar-refractivity contribution in [1.29, 1.82) is 0 Å². The molecule has 0 heterocycles. The number of nitrogens with one attached hydrogen (secondary N) is 1. The van der Waals surface area contributed by atoms with Crippen LogP contribution in [0.2, 0.25) is 0 Å². The summed E-state index contributed by atoms with van der Waals surface area (Å²) in [5.74, 6) is -1.14. The first kappa shape index (κ1) is 15.5. The van der Waals surface area contributed by atoms with Crippen LogP contribution >= 0.6 is 0 Å². The van der Waals surface area contributed by atoms with Gasteiger partial charge in [-0.25, -0.2) is 4.79 Å². The summed E-state index contributed by atoms with van der Waals surface area (Å²) >= 11 is 0. The van der Waals surface area contributed by atoms with Gasteiger partial charge in [-0.1, -0.05) is 30.3 Å². The molecule has 1 aromatic rings. The fraction of sp³-hybridized carbons (Fsp3) is 0.500. The molecule has 0 atom stereocenters. The summed E-state index contributed by atoms with van der Waals surface area (Å²) in [5, 5.41) is 11.8. The highest BCUT2D eigenvalue weighted by Crippen LogP contribution is 2.32. The summed E-state index contributed by atoms with van der Waals surface area (Å²) in [4.78, 5) is 22.9. The number of benzene rings is 1. The monoisotopic (exact) mass is 291 g/mol. The van der Waals surface area contributed by atoms with Gasteiger partial charge < -0.3 is 15.2 Å². The van der Waals surface area contributed by atoms with E-state index in [1.54, 1.807) is 0 Å². The van der Waals surface area contributed by atoms with E-state index >= 15 is 0 Å². The summed E-state index contributed by atoms with van der Waals surface area (Å²) < 4.78 is 5.49. The van der Waals surface area contributed by atoms with Crippen LogP contribution in [0, 0.1) is 0 Å². The number of hydrogen-bond donors (Lipinski definition) is 2. The number of aliphatic carboxylic acids is 1. The van der Waals surface area contributed by atoms with Crippen LogP contribution in [0.25, 0.3) is 0 Å². The van der Waals surface area contributed by atoms with E-state index in [-0.39, 0.29) is 5.91 Å². The zero-order chi connectivity index (χ0) is 15.1. The minimum Gasteiger partial charge on any atom is -0.480 e. The smallest absolute Gasteiger partial charge is 0.329 e. The lowest BCUT2D eigenvalue weighted by Crippen LogP contribution is -2.59. The molecule has 2 rings (SSSR count). The Hall–Kier alpha value is -1.88. The first-order valence-electron chi connectivity index (χ1n) is 7.28. The molecule has 1 aromatic carbocycles. The quantitative estimate of drug-likeness (QED) is 0.719. The molecule has 1 aliphatic rings. The van der Waals surface area contributed by atoms with Crippen molar-refractivity contribution in [2.75, 3.05) is 6.61 Å². The average Bonchev–Trinajstić information content (AvgIpc) is 2.43. The molecule has 5 nitrogen and oxygen atoms in total. The third-order valence-corrected chi connectivity index (χ3v) is 3.80. The zero-order valence-electron chi connectivity index (χ0n) is 12.0. The number of amides is 1. The molecule has 1 aliphatic carbocycles. The molecule has 0 aliphatic heterocycles. The Bertz CT molecular complexity index is 482. The van der Waals surface area contributed by atoms with E-state index in [0.717, 1.165) is 12.0 Å². The van der Waals surface area contributed by atoms with Gasteiger partial charge in [-0.05, 0) is 31.2 Å². The standard InChI is InChI=1S/C16H21NO4/c18-14(17-16(15(19)20)9-5-10-16)8-4-11-21-12-13-6-2-1-3-7-13/h1-3,6-7H,4-5,8-12H2,(H,17,18)(H,19,20). The maximum Gasteiger partial charge on any atom is 0.329 e. The highest BCUT2D eigenvalue weighted by atomic mass is 16.5. The molecule has 114 valence electrons. The Morgan fingerprint density at radius 1 is 1.24 bits per heavy atom. The Morgan fingerprint density at radius 3 is 2.52 bits per heavy atom. The van der Waals surface area contributed by atoms with E-state index in [1.165, 1.54) is 0 Å². The maximum atomic E-state index is 11.8. The number of carbonyl (C=O) groups is 2. The summed E-state index contributed by atoms with van der Waals surface area (Å²) in [6.45, 7) is 1.02. The second-order valence-electron chi connectivity index (χ2n) is 5.43. The highest BCUT2D eigenvalue weighted by molar-refractivity contribution is 5.87. The van der Waals surface area contributed by atoms with Crippen LogP contribution in [0.1, 0.15) is 37.7 Å². The van der Waals surface area contributed by atoms with Crippen molar-refractivity contribution in [3.05, 3.63) is 35.9 Å². The first-order valence-corrected chi connectivity index (χ1v) is 7.28. The minimum absolute atomic E-state index is 0.208. The zero-order valence-corrected chi connectivity index (χ0v) is 12.0. The molecule has 2 N–H and O–H groups in total. The van der Waals surface area contributed by atoms with Gasteiger partial charge in [0.05, 0.1) is 6.61 Å². The molecule has 0 saturated heterocycles. The Balaban J connectivity index is 1.60. The van der Waals surface area contributed by atoms with Crippen molar-refractivity contribution in [2.24, 2.45) is 0 Å². The minimum atomic E-state index is -1.01. The molecular weight excluding hydrogens is 270 g/mol. The molecule has 0 spiro atoms.